The molecule has 51 heavy (non-hydrogen) atoms. The van der Waals surface area contributed by atoms with Gasteiger partial charge in [-0.1, -0.05) is 0 Å². The van der Waals surface area contributed by atoms with E-state index in [4.69, 9.17) is 4.74 Å². The number of aromatic nitrogens is 3. The topological polar surface area (TPSA) is 149 Å². The lowest BCUT2D eigenvalue weighted by atomic mass is 9.85. The lowest BCUT2D eigenvalue weighted by molar-refractivity contribution is -0.138. The molecule has 3 amide bonds. The van der Waals surface area contributed by atoms with Gasteiger partial charge in [0.25, 0.3) is 5.91 Å². The van der Waals surface area contributed by atoms with E-state index in [1.807, 2.05) is 62.4 Å². The maximum absolute atomic E-state index is 13.6. The third kappa shape index (κ3) is 9.97. The summed E-state index contributed by atoms with van der Waals surface area (Å²) in [6, 6.07) is 7.74. The molecular formula is C38H53N9O4. The van der Waals surface area contributed by atoms with Crippen molar-refractivity contribution in [2.24, 2.45) is 5.92 Å². The van der Waals surface area contributed by atoms with Crippen LogP contribution in [0.1, 0.15) is 89.1 Å². The lowest BCUT2D eigenvalue weighted by Gasteiger charge is -2.38. The van der Waals surface area contributed by atoms with Crippen molar-refractivity contribution in [3.8, 4) is 11.9 Å². The van der Waals surface area contributed by atoms with E-state index in [2.05, 4.69) is 31.6 Å². The third-order valence-electron chi connectivity index (χ3n) is 9.50. The summed E-state index contributed by atoms with van der Waals surface area (Å²) in [5, 5.41) is 16.7. The largest absolute Gasteiger partial charge is 0.444 e. The fourth-order valence-electron chi connectivity index (χ4n) is 6.77. The van der Waals surface area contributed by atoms with E-state index in [0.717, 1.165) is 76.6 Å². The average Bonchev–Trinajstić information content (AvgIpc) is 3.52. The first kappa shape index (κ1) is 37.6. The molecule has 0 radical (unpaired) electrons. The molecule has 0 unspecified atom stereocenters. The molecule has 0 bridgehead atoms. The molecule has 2 aliphatic rings. The number of anilines is 1. The normalized spacial score (nSPS) is 18.4. The van der Waals surface area contributed by atoms with Crippen LogP contribution in [0.25, 0.3) is 16.9 Å². The summed E-state index contributed by atoms with van der Waals surface area (Å²) in [5.74, 6) is 0.651. The highest BCUT2D eigenvalue weighted by Crippen LogP contribution is 2.28. The Morgan fingerprint density at radius 3 is 2.43 bits per heavy atom. The molecule has 1 saturated heterocycles. The van der Waals surface area contributed by atoms with Crippen molar-refractivity contribution in [1.29, 1.82) is 5.26 Å². The predicted octanol–water partition coefficient (Wildman–Crippen LogP) is 5.19. The van der Waals surface area contributed by atoms with E-state index in [1.165, 1.54) is 6.20 Å². The van der Waals surface area contributed by atoms with Crippen LogP contribution in [-0.2, 0) is 9.53 Å². The van der Waals surface area contributed by atoms with E-state index in [1.54, 1.807) is 24.2 Å². The van der Waals surface area contributed by atoms with E-state index in [9.17, 15) is 19.6 Å². The maximum atomic E-state index is 13.6. The standard InChI is InChI=1S/C38H53N9O4/c1-26(2)42-32-22-33(47-16-13-29-21-27(23-39)24-41-34(29)47)40-25-31(32)35(48)43-30-11-9-28(10-12-30)36(49)46-19-17-45(18-20-46)15-8-7-14-44(6)37(50)51-38(3,4)5/h13,16,21-22,24-26,28,30H,7-12,14-15,17-20H2,1-6H3,(H,40,42)(H,43,48). The number of amides is 3. The van der Waals surface area contributed by atoms with Gasteiger partial charge in [-0.05, 0) is 91.8 Å². The number of hydrogen-bond donors (Lipinski definition) is 2. The molecule has 4 heterocycles. The molecule has 274 valence electrons. The Morgan fingerprint density at radius 1 is 1.04 bits per heavy atom. The molecule has 0 atom stereocenters. The summed E-state index contributed by atoms with van der Waals surface area (Å²) in [4.78, 5) is 54.3. The fraction of sp³-hybridized carbons (Fsp3) is 0.579. The number of rotatable bonds is 11. The Labute approximate surface area is 301 Å². The van der Waals surface area contributed by atoms with Crippen LogP contribution in [-0.4, -0.2) is 111 Å². The van der Waals surface area contributed by atoms with Gasteiger partial charge in [-0.2, -0.15) is 5.26 Å². The van der Waals surface area contributed by atoms with Crippen LogP contribution in [0.5, 0.6) is 0 Å². The van der Waals surface area contributed by atoms with Crippen LogP contribution in [0.3, 0.4) is 0 Å². The van der Waals surface area contributed by atoms with E-state index >= 15 is 0 Å². The summed E-state index contributed by atoms with van der Waals surface area (Å²) in [5.41, 5.74) is 1.82. The molecule has 3 aromatic rings. The lowest BCUT2D eigenvalue weighted by Crippen LogP contribution is -2.51. The van der Waals surface area contributed by atoms with Gasteiger partial charge in [0, 0.05) is 87.8 Å². The van der Waals surface area contributed by atoms with Crippen LogP contribution >= 0.6 is 0 Å². The Bertz CT molecular complexity index is 1720. The predicted molar refractivity (Wildman–Crippen MR) is 197 cm³/mol. The van der Waals surface area contributed by atoms with Crippen molar-refractivity contribution >= 4 is 34.6 Å². The second-order valence-corrected chi connectivity index (χ2v) is 15.1. The van der Waals surface area contributed by atoms with Gasteiger partial charge < -0.3 is 25.2 Å². The number of nitrogens with one attached hydrogen (secondary N) is 2. The van der Waals surface area contributed by atoms with Crippen LogP contribution in [0.15, 0.2) is 36.8 Å². The molecule has 2 N–H and O–H groups in total. The zero-order chi connectivity index (χ0) is 36.7. The van der Waals surface area contributed by atoms with Gasteiger partial charge >= 0.3 is 6.09 Å². The molecule has 3 aromatic heterocycles. The van der Waals surface area contributed by atoms with Gasteiger partial charge in [0.1, 0.15) is 23.1 Å². The first-order valence-electron chi connectivity index (χ1n) is 18.2. The van der Waals surface area contributed by atoms with Gasteiger partial charge in [0.2, 0.25) is 5.91 Å². The van der Waals surface area contributed by atoms with Gasteiger partial charge in [-0.3, -0.25) is 19.1 Å². The quantitative estimate of drug-likeness (QED) is 0.258. The van der Waals surface area contributed by atoms with E-state index in [0.29, 0.717) is 34.8 Å². The summed E-state index contributed by atoms with van der Waals surface area (Å²) >= 11 is 0. The number of carbonyl (C=O) groups is 3. The number of unbranched alkanes of at least 4 members (excludes halogenated alkanes) is 1. The Kier molecular flexibility index (Phi) is 12.2. The Hall–Kier alpha value is -4.70. The second kappa shape index (κ2) is 16.5. The Morgan fingerprint density at radius 2 is 1.76 bits per heavy atom. The number of ether oxygens (including phenoxy) is 1. The molecule has 13 nitrogen and oxygen atoms in total. The van der Waals surface area contributed by atoms with E-state index in [-0.39, 0.29) is 35.9 Å². The summed E-state index contributed by atoms with van der Waals surface area (Å²) in [7, 11) is 1.77. The zero-order valence-electron chi connectivity index (χ0n) is 30.9. The van der Waals surface area contributed by atoms with Crippen LogP contribution < -0.4 is 10.6 Å². The number of hydrogen-bond acceptors (Lipinski definition) is 9. The molecule has 1 aliphatic heterocycles. The van der Waals surface area contributed by atoms with Crippen molar-refractivity contribution in [3.05, 3.63) is 47.9 Å². The van der Waals surface area contributed by atoms with Crippen LogP contribution in [0, 0.1) is 17.2 Å². The number of carbonyl (C=O) groups excluding carboxylic acids is 3. The van der Waals surface area contributed by atoms with Crippen LogP contribution in [0.2, 0.25) is 0 Å². The molecule has 1 aliphatic carbocycles. The van der Waals surface area contributed by atoms with Gasteiger partial charge in [-0.15, -0.1) is 0 Å². The van der Waals surface area contributed by atoms with Crippen LogP contribution in [0.4, 0.5) is 10.5 Å². The highest BCUT2D eigenvalue weighted by atomic mass is 16.6. The smallest absolute Gasteiger partial charge is 0.410 e. The monoisotopic (exact) mass is 699 g/mol. The minimum absolute atomic E-state index is 0.00809. The first-order valence-corrected chi connectivity index (χ1v) is 18.2. The Balaban J connectivity index is 1.07. The number of nitriles is 1. The van der Waals surface area contributed by atoms with Crippen molar-refractivity contribution in [1.82, 2.24) is 34.6 Å². The molecule has 5 rings (SSSR count). The molecule has 0 spiro atoms. The number of nitrogens with zero attached hydrogens (tertiary/aromatic N) is 7. The summed E-state index contributed by atoms with van der Waals surface area (Å²) < 4.78 is 7.27. The molecule has 1 saturated carbocycles. The maximum Gasteiger partial charge on any atom is 0.410 e. The van der Waals surface area contributed by atoms with Gasteiger partial charge in [0.15, 0.2) is 0 Å². The minimum atomic E-state index is -0.495. The van der Waals surface area contributed by atoms with Gasteiger partial charge in [0.05, 0.1) is 16.8 Å². The molecule has 2 fully saturated rings. The molecule has 0 aromatic carbocycles. The molecular weight excluding hydrogens is 646 g/mol. The number of piperazine rings is 1. The van der Waals surface area contributed by atoms with Gasteiger partial charge in [-0.25, -0.2) is 14.8 Å². The first-order chi connectivity index (χ1) is 24.3. The third-order valence-corrected chi connectivity index (χ3v) is 9.50. The minimum Gasteiger partial charge on any atom is -0.444 e. The summed E-state index contributed by atoms with van der Waals surface area (Å²) in [6.45, 7) is 14.4. The van der Waals surface area contributed by atoms with Crippen molar-refractivity contribution in [2.75, 3.05) is 51.6 Å². The average molecular weight is 700 g/mol. The SMILES string of the molecule is CC(C)Nc1cc(-n2ccc3cc(C#N)cnc32)ncc1C(=O)NC1CCC(C(=O)N2CCN(CCCCN(C)C(=O)OC(C)(C)C)CC2)CC1. The molecule has 13 heteroatoms. The number of fused-ring (bicyclic) bond motifs is 1. The summed E-state index contributed by atoms with van der Waals surface area (Å²) in [6.07, 6.45) is 9.61. The second-order valence-electron chi connectivity index (χ2n) is 15.1. The number of pyridine rings is 2. The highest BCUT2D eigenvalue weighted by Gasteiger charge is 2.32. The van der Waals surface area contributed by atoms with Crippen molar-refractivity contribution in [2.45, 2.75) is 90.8 Å². The van der Waals surface area contributed by atoms with Crippen molar-refractivity contribution < 1.29 is 19.1 Å². The fourth-order valence-corrected chi connectivity index (χ4v) is 6.77. The zero-order valence-corrected chi connectivity index (χ0v) is 30.9. The van der Waals surface area contributed by atoms with E-state index < -0.39 is 5.60 Å². The van der Waals surface area contributed by atoms with Crippen molar-refractivity contribution in [3.63, 3.8) is 0 Å². The highest BCUT2D eigenvalue weighted by molar-refractivity contribution is 6.00.